The second-order valence-corrected chi connectivity index (χ2v) is 16.7. The first-order chi connectivity index (χ1) is 19.6. The molecule has 5 rings (SSSR count). The molecule has 3 aromatic carbocycles. The molecule has 0 radical (unpaired) electrons. The number of benzene rings is 3. The van der Waals surface area contributed by atoms with Gasteiger partial charge in [0.15, 0.2) is 0 Å². The molecule has 0 aliphatic carbocycles. The Hall–Kier alpha value is -2.18. The Morgan fingerprint density at radius 3 is 1.71 bits per heavy atom. The number of alkyl halides is 3. The minimum atomic E-state index is -4.55. The minimum absolute atomic E-state index is 0.00419. The van der Waals surface area contributed by atoms with Crippen LogP contribution in [-0.2, 0) is 19.7 Å². The maximum absolute atomic E-state index is 12.7. The first kappa shape index (κ1) is 32.7. The number of nitrogens with zero attached hydrogens (tertiary/aromatic N) is 3. The van der Waals surface area contributed by atoms with Crippen LogP contribution in [0.3, 0.4) is 0 Å². The topological polar surface area (TPSA) is 19.4 Å². The predicted molar refractivity (Wildman–Crippen MR) is 169 cm³/mol. The molecule has 0 unspecified atom stereocenters. The summed E-state index contributed by atoms with van der Waals surface area (Å²) in [6.45, 7) is 17.6. The van der Waals surface area contributed by atoms with Crippen LogP contribution in [0.5, 0.6) is 0 Å². The van der Waals surface area contributed by atoms with E-state index in [2.05, 4.69) is 87.3 Å². The van der Waals surface area contributed by atoms with Gasteiger partial charge in [-0.2, -0.15) is 6.67 Å². The number of halogens is 6. The van der Waals surface area contributed by atoms with Crippen LogP contribution in [-0.4, -0.2) is 22.7 Å². The van der Waals surface area contributed by atoms with Crippen LogP contribution in [0.1, 0.15) is 44.6 Å². The van der Waals surface area contributed by atoms with Crippen LogP contribution in [0.2, 0.25) is 5.02 Å². The zero-order valence-corrected chi connectivity index (χ0v) is 28.2. The molecule has 1 saturated heterocycles. The Morgan fingerprint density at radius 2 is 1.29 bits per heavy atom. The fraction of sp³-hybridized carbons (Fsp3) is 0.281. The molecule has 3 nitrogen and oxygen atoms in total. The molecule has 2 heterocycles. The fourth-order valence-corrected chi connectivity index (χ4v) is 7.68. The van der Waals surface area contributed by atoms with Crippen LogP contribution >= 0.6 is 31.0 Å². The Kier molecular flexibility index (Phi) is 10.3. The third-order valence-electron chi connectivity index (χ3n) is 7.00. The second kappa shape index (κ2) is 13.2. The summed E-state index contributed by atoms with van der Waals surface area (Å²) < 4.78 is 39.7. The summed E-state index contributed by atoms with van der Waals surface area (Å²) in [5.41, 5.74) is 10.4. The monoisotopic (exact) mass is 722 g/mol. The molecular formula is C32H32Cl3F3N3Ru-. The second-order valence-electron chi connectivity index (χ2n) is 10.5. The molecular weight excluding hydrogens is 691 g/mol. The average Bonchev–Trinajstić information content (AvgIpc) is 3.31. The summed E-state index contributed by atoms with van der Waals surface area (Å²) in [6, 6.07) is 14.8. The molecule has 1 aromatic heterocycles. The molecule has 10 heteroatoms. The summed E-state index contributed by atoms with van der Waals surface area (Å²) in [7, 11) is 11.5. The number of hydrogen-bond donors (Lipinski definition) is 0. The van der Waals surface area contributed by atoms with E-state index in [-0.39, 0.29) is 10.5 Å². The van der Waals surface area contributed by atoms with E-state index in [4.69, 9.17) is 31.0 Å². The Balaban J connectivity index is 0.000000197. The number of hydrogen-bond acceptors (Lipinski definition) is 3. The van der Waals surface area contributed by atoms with Crippen molar-refractivity contribution < 1.29 is 26.7 Å². The van der Waals surface area contributed by atoms with Gasteiger partial charge >= 0.3 is 125 Å². The van der Waals surface area contributed by atoms with Crippen LogP contribution in [0.4, 0.5) is 24.5 Å². The molecule has 0 atom stereocenters. The van der Waals surface area contributed by atoms with Crippen molar-refractivity contribution >= 4 is 57.9 Å². The van der Waals surface area contributed by atoms with Crippen molar-refractivity contribution in [3.05, 3.63) is 105 Å². The van der Waals surface area contributed by atoms with Gasteiger partial charge in [-0.3, -0.25) is 0 Å². The van der Waals surface area contributed by atoms with Gasteiger partial charge in [-0.25, -0.2) is 0 Å². The molecule has 0 amide bonds. The van der Waals surface area contributed by atoms with Gasteiger partial charge < -0.3 is 9.80 Å². The molecule has 1 aliphatic heterocycles. The maximum atomic E-state index is 12.7. The van der Waals surface area contributed by atoms with Crippen molar-refractivity contribution in [3.8, 4) is 0 Å². The van der Waals surface area contributed by atoms with Crippen molar-refractivity contribution in [1.82, 2.24) is 4.98 Å². The first-order valence-corrected chi connectivity index (χ1v) is 19.0. The number of fused-ring (bicyclic) bond motifs is 1. The van der Waals surface area contributed by atoms with Crippen molar-refractivity contribution in [3.63, 3.8) is 0 Å². The number of pyridine rings is 1. The number of aryl methyl sites for hydroxylation is 6. The van der Waals surface area contributed by atoms with E-state index in [0.717, 1.165) is 19.2 Å². The normalized spacial score (nSPS) is 13.8. The standard InChI is InChI=1S/C21H27N2.C11H5ClF3N.2ClH.Ru/c1-14-9-16(3)20(17(4)10-14)22-7-8-23(13-22)21-18(5)11-15(2)12-19(21)6;1-6-3-2-4-7-8(12)5-9(11(13,14)15)16-10(6)7;;;/h9-13H,7-8H2,1-6H3;1-5H;2*1H;/q-1;;;;+2/p-2. The van der Waals surface area contributed by atoms with Gasteiger partial charge in [-0.05, 0) is 63.8 Å². The van der Waals surface area contributed by atoms with E-state index in [1.807, 2.05) is 0 Å². The Morgan fingerprint density at radius 1 is 0.810 bits per heavy atom. The third-order valence-corrected chi connectivity index (χ3v) is 9.15. The van der Waals surface area contributed by atoms with Gasteiger partial charge in [0.05, 0.1) is 0 Å². The van der Waals surface area contributed by atoms with E-state index in [1.54, 1.807) is 22.8 Å². The van der Waals surface area contributed by atoms with Crippen LogP contribution in [0.15, 0.2) is 48.5 Å². The molecule has 42 heavy (non-hydrogen) atoms. The quantitative estimate of drug-likeness (QED) is 0.155. The molecule has 1 fully saturated rings. The predicted octanol–water partition coefficient (Wildman–Crippen LogP) is 9.97. The molecule has 0 N–H and O–H groups in total. The number of aromatic nitrogens is 1. The van der Waals surface area contributed by atoms with Crippen LogP contribution in [0.25, 0.3) is 10.9 Å². The van der Waals surface area contributed by atoms with Crippen molar-refractivity contribution in [2.45, 2.75) is 47.7 Å². The van der Waals surface area contributed by atoms with Gasteiger partial charge in [-0.15, -0.1) is 0 Å². The number of rotatable bonds is 3. The Labute approximate surface area is 263 Å². The summed E-state index contributed by atoms with van der Waals surface area (Å²) in [4.78, 5) is 8.44. The average molecular weight is 723 g/mol. The SMILES string of the molecule is Cc1cc(C)c(N2[CH-]N(c3c(C)cc(C)cc3C)CC2)c(C)c1.FC(F)(F)c1cc(Cl)c2cccc([CH]=[Ru]([Cl])[Cl])c2n1. The molecule has 0 bridgehead atoms. The van der Waals surface area contributed by atoms with Gasteiger partial charge in [-0.1, -0.05) is 35.4 Å². The van der Waals surface area contributed by atoms with E-state index >= 15 is 0 Å². The van der Waals surface area contributed by atoms with Crippen molar-refractivity contribution in [2.75, 3.05) is 22.9 Å². The summed E-state index contributed by atoms with van der Waals surface area (Å²) in [6.07, 6.45) is -4.55. The van der Waals surface area contributed by atoms with E-state index < -0.39 is 25.4 Å². The summed E-state index contributed by atoms with van der Waals surface area (Å²) >= 11 is 3.70. The first-order valence-electron chi connectivity index (χ1n) is 13.2. The number of anilines is 2. The zero-order chi connectivity index (χ0) is 30.9. The molecule has 0 saturated carbocycles. The molecule has 226 valence electrons. The molecule has 4 aromatic rings. The van der Waals surface area contributed by atoms with Crippen molar-refractivity contribution in [1.29, 1.82) is 0 Å². The molecule has 0 spiro atoms. The van der Waals surface area contributed by atoms with Crippen LogP contribution < -0.4 is 9.80 Å². The van der Waals surface area contributed by atoms with Gasteiger partial charge in [0, 0.05) is 24.5 Å². The Bertz CT molecular complexity index is 1560. The van der Waals surface area contributed by atoms with Crippen LogP contribution in [0, 0.1) is 48.2 Å². The van der Waals surface area contributed by atoms with Crippen molar-refractivity contribution in [2.24, 2.45) is 0 Å². The van der Waals surface area contributed by atoms with Gasteiger partial charge in [0.2, 0.25) is 0 Å². The van der Waals surface area contributed by atoms with Gasteiger partial charge in [0.25, 0.3) is 0 Å². The van der Waals surface area contributed by atoms with E-state index in [1.165, 1.54) is 44.8 Å². The fourth-order valence-electron chi connectivity index (χ4n) is 5.63. The van der Waals surface area contributed by atoms with E-state index in [0.29, 0.717) is 10.9 Å². The summed E-state index contributed by atoms with van der Waals surface area (Å²) in [5.74, 6) is 0. The summed E-state index contributed by atoms with van der Waals surface area (Å²) in [5, 5.41) is 0.433. The number of para-hydroxylation sites is 1. The molecule has 1 aliphatic rings. The third kappa shape index (κ3) is 7.48. The van der Waals surface area contributed by atoms with Gasteiger partial charge in [0.1, 0.15) is 0 Å². The zero-order valence-electron chi connectivity index (χ0n) is 24.2. The van der Waals surface area contributed by atoms with E-state index in [9.17, 15) is 13.2 Å².